The lowest BCUT2D eigenvalue weighted by Gasteiger charge is -2.04. The van der Waals surface area contributed by atoms with Crippen LogP contribution in [-0.2, 0) is 0 Å². The lowest BCUT2D eigenvalue weighted by molar-refractivity contribution is 0.100. The van der Waals surface area contributed by atoms with E-state index >= 15 is 0 Å². The fourth-order valence-corrected chi connectivity index (χ4v) is 3.05. The van der Waals surface area contributed by atoms with Crippen molar-refractivity contribution in [1.82, 2.24) is 4.98 Å². The van der Waals surface area contributed by atoms with Crippen LogP contribution in [0.4, 0.5) is 5.69 Å². The van der Waals surface area contributed by atoms with E-state index in [0.29, 0.717) is 22.0 Å². The number of rotatable bonds is 4. The van der Waals surface area contributed by atoms with Crippen LogP contribution in [0.2, 0.25) is 5.02 Å². The minimum atomic E-state index is -0.313. The first kappa shape index (κ1) is 16.4. The molecule has 1 heterocycles. The number of carbonyl (C=O) groups excluding carboxylic acids is 2. The number of ketones is 1. The van der Waals surface area contributed by atoms with Crippen LogP contribution in [0.5, 0.6) is 0 Å². The molecule has 120 valence electrons. The van der Waals surface area contributed by atoms with Gasteiger partial charge in [-0.15, -0.1) is 11.3 Å². The van der Waals surface area contributed by atoms with E-state index in [1.165, 1.54) is 18.3 Å². The van der Waals surface area contributed by atoms with E-state index in [1.54, 1.807) is 41.8 Å². The number of carbonyl (C=O) groups is 2. The number of hydrogen-bond acceptors (Lipinski definition) is 4. The highest BCUT2D eigenvalue weighted by Crippen LogP contribution is 2.25. The molecule has 0 fully saturated rings. The van der Waals surface area contributed by atoms with Gasteiger partial charge in [-0.05, 0) is 31.2 Å². The maximum Gasteiger partial charge on any atom is 0.275 e. The maximum atomic E-state index is 12.3. The van der Waals surface area contributed by atoms with Gasteiger partial charge in [-0.3, -0.25) is 9.59 Å². The molecule has 3 rings (SSSR count). The molecule has 1 N–H and O–H groups in total. The van der Waals surface area contributed by atoms with Gasteiger partial charge in [0, 0.05) is 27.2 Å². The van der Waals surface area contributed by atoms with Crippen LogP contribution in [-0.4, -0.2) is 16.7 Å². The molecule has 24 heavy (non-hydrogen) atoms. The van der Waals surface area contributed by atoms with Crippen LogP contribution in [0, 0.1) is 0 Å². The predicted octanol–water partition coefficient (Wildman–Crippen LogP) is 4.92. The lowest BCUT2D eigenvalue weighted by atomic mass is 10.1. The number of halogens is 1. The van der Waals surface area contributed by atoms with E-state index in [9.17, 15) is 9.59 Å². The summed E-state index contributed by atoms with van der Waals surface area (Å²) < 4.78 is 0. The SMILES string of the molecule is CC(=O)c1cccc(NC(=O)c2csc(-c3ccc(Cl)cc3)n2)c1. The summed E-state index contributed by atoms with van der Waals surface area (Å²) in [6.07, 6.45) is 0. The van der Waals surface area contributed by atoms with Crippen molar-refractivity contribution in [2.45, 2.75) is 6.92 Å². The molecule has 0 saturated carbocycles. The quantitative estimate of drug-likeness (QED) is 0.675. The van der Waals surface area contributed by atoms with Gasteiger partial charge < -0.3 is 5.32 Å². The van der Waals surface area contributed by atoms with Crippen molar-refractivity contribution in [2.75, 3.05) is 5.32 Å². The van der Waals surface area contributed by atoms with Crippen molar-refractivity contribution in [3.63, 3.8) is 0 Å². The van der Waals surface area contributed by atoms with E-state index in [1.807, 2.05) is 12.1 Å². The first-order valence-corrected chi connectivity index (χ1v) is 8.42. The average molecular weight is 357 g/mol. The van der Waals surface area contributed by atoms with Crippen LogP contribution < -0.4 is 5.32 Å². The zero-order chi connectivity index (χ0) is 17.1. The van der Waals surface area contributed by atoms with Gasteiger partial charge in [0.2, 0.25) is 0 Å². The molecule has 0 radical (unpaired) electrons. The minimum absolute atomic E-state index is 0.0511. The van der Waals surface area contributed by atoms with Gasteiger partial charge in [0.05, 0.1) is 0 Å². The molecule has 3 aromatic rings. The second-order valence-corrected chi connectivity index (χ2v) is 6.43. The Bertz CT molecular complexity index is 903. The molecular formula is C18H13ClN2O2S. The molecule has 1 aromatic heterocycles. The summed E-state index contributed by atoms with van der Waals surface area (Å²) in [7, 11) is 0. The van der Waals surface area contributed by atoms with Crippen molar-refractivity contribution >= 4 is 40.3 Å². The Morgan fingerprint density at radius 2 is 1.88 bits per heavy atom. The molecule has 0 spiro atoms. The molecule has 0 saturated heterocycles. The highest BCUT2D eigenvalue weighted by Gasteiger charge is 2.12. The van der Waals surface area contributed by atoms with E-state index in [-0.39, 0.29) is 11.7 Å². The summed E-state index contributed by atoms with van der Waals surface area (Å²) in [6.45, 7) is 1.49. The van der Waals surface area contributed by atoms with Gasteiger partial charge >= 0.3 is 0 Å². The topological polar surface area (TPSA) is 59.1 Å². The third-order valence-corrected chi connectivity index (χ3v) is 4.50. The Morgan fingerprint density at radius 1 is 1.12 bits per heavy atom. The van der Waals surface area contributed by atoms with Gasteiger partial charge in [-0.1, -0.05) is 35.9 Å². The normalized spacial score (nSPS) is 10.4. The molecule has 0 unspecified atom stereocenters. The third-order valence-electron chi connectivity index (χ3n) is 3.35. The Hall–Kier alpha value is -2.50. The number of nitrogens with one attached hydrogen (secondary N) is 1. The monoisotopic (exact) mass is 356 g/mol. The Labute approximate surface area is 148 Å². The summed E-state index contributed by atoms with van der Waals surface area (Å²) in [6, 6.07) is 14.1. The van der Waals surface area contributed by atoms with Crippen LogP contribution in [0.1, 0.15) is 27.8 Å². The zero-order valence-corrected chi connectivity index (χ0v) is 14.3. The van der Waals surface area contributed by atoms with Gasteiger partial charge in [0.25, 0.3) is 5.91 Å². The zero-order valence-electron chi connectivity index (χ0n) is 12.7. The number of nitrogens with zero attached hydrogens (tertiary/aromatic N) is 1. The lowest BCUT2D eigenvalue weighted by Crippen LogP contribution is -2.12. The number of benzene rings is 2. The van der Waals surface area contributed by atoms with Gasteiger partial charge in [-0.25, -0.2) is 4.98 Å². The first-order valence-electron chi connectivity index (χ1n) is 7.17. The van der Waals surface area contributed by atoms with Gasteiger partial charge in [-0.2, -0.15) is 0 Å². The number of thiazole rings is 1. The molecule has 0 aliphatic rings. The fourth-order valence-electron chi connectivity index (χ4n) is 2.11. The van der Waals surface area contributed by atoms with E-state index in [0.717, 1.165) is 10.6 Å². The molecule has 1 amide bonds. The number of Topliss-reactive ketones (excluding diaryl/α,β-unsaturated/α-hetero) is 1. The number of aromatic nitrogens is 1. The Kier molecular flexibility index (Phi) is 4.74. The maximum absolute atomic E-state index is 12.3. The molecule has 6 heteroatoms. The number of anilines is 1. The molecule has 0 aliphatic heterocycles. The largest absolute Gasteiger partial charge is 0.321 e. The molecule has 0 atom stereocenters. The van der Waals surface area contributed by atoms with Crippen LogP contribution in [0.25, 0.3) is 10.6 Å². The van der Waals surface area contributed by atoms with E-state index in [4.69, 9.17) is 11.6 Å². The summed E-state index contributed by atoms with van der Waals surface area (Å²) >= 11 is 7.26. The summed E-state index contributed by atoms with van der Waals surface area (Å²) in [5, 5.41) is 5.86. The number of amides is 1. The van der Waals surface area contributed by atoms with E-state index in [2.05, 4.69) is 10.3 Å². The summed E-state index contributed by atoms with van der Waals surface area (Å²) in [4.78, 5) is 28.1. The van der Waals surface area contributed by atoms with Gasteiger partial charge in [0.1, 0.15) is 10.7 Å². The van der Waals surface area contributed by atoms with Crippen LogP contribution in [0.3, 0.4) is 0 Å². The molecule has 2 aromatic carbocycles. The molecule has 0 bridgehead atoms. The molecule has 0 aliphatic carbocycles. The van der Waals surface area contributed by atoms with Crippen molar-refractivity contribution in [3.05, 3.63) is 70.2 Å². The second kappa shape index (κ2) is 6.95. The average Bonchev–Trinajstić information content (AvgIpc) is 3.06. The van der Waals surface area contributed by atoms with Crippen LogP contribution in [0.15, 0.2) is 53.9 Å². The Balaban J connectivity index is 1.77. The van der Waals surface area contributed by atoms with Crippen molar-refractivity contribution in [3.8, 4) is 10.6 Å². The van der Waals surface area contributed by atoms with Crippen molar-refractivity contribution < 1.29 is 9.59 Å². The highest BCUT2D eigenvalue weighted by atomic mass is 35.5. The van der Waals surface area contributed by atoms with E-state index < -0.39 is 0 Å². The highest BCUT2D eigenvalue weighted by molar-refractivity contribution is 7.13. The summed E-state index contributed by atoms with van der Waals surface area (Å²) in [5.74, 6) is -0.364. The summed E-state index contributed by atoms with van der Waals surface area (Å²) in [5.41, 5.74) is 2.35. The number of hydrogen-bond donors (Lipinski definition) is 1. The standard InChI is InChI=1S/C18H13ClN2O2S/c1-11(22)13-3-2-4-15(9-13)20-17(23)16-10-24-18(21-16)12-5-7-14(19)8-6-12/h2-10H,1H3,(H,20,23). The van der Waals surface area contributed by atoms with Crippen molar-refractivity contribution in [2.24, 2.45) is 0 Å². The smallest absolute Gasteiger partial charge is 0.275 e. The van der Waals surface area contributed by atoms with Crippen LogP contribution >= 0.6 is 22.9 Å². The van der Waals surface area contributed by atoms with Gasteiger partial charge in [0.15, 0.2) is 5.78 Å². The Morgan fingerprint density at radius 3 is 2.58 bits per heavy atom. The molecular weight excluding hydrogens is 344 g/mol. The predicted molar refractivity (Wildman–Crippen MR) is 97.0 cm³/mol. The first-order chi connectivity index (χ1) is 11.5. The fraction of sp³-hybridized carbons (Fsp3) is 0.0556. The van der Waals surface area contributed by atoms with Crippen molar-refractivity contribution in [1.29, 1.82) is 0 Å². The third kappa shape index (κ3) is 3.69. The second-order valence-electron chi connectivity index (χ2n) is 5.14. The minimum Gasteiger partial charge on any atom is -0.321 e. The molecule has 4 nitrogen and oxygen atoms in total.